The Kier molecular flexibility index (Phi) is 6.93. The average molecular weight is 425 g/mol. The lowest BCUT2D eigenvalue weighted by atomic mass is 10.1. The molecule has 2 amide bonds. The van der Waals surface area contributed by atoms with Crippen molar-refractivity contribution in [1.29, 1.82) is 0 Å². The van der Waals surface area contributed by atoms with E-state index in [0.29, 0.717) is 39.9 Å². The highest BCUT2D eigenvalue weighted by Crippen LogP contribution is 2.24. The van der Waals surface area contributed by atoms with Crippen molar-refractivity contribution >= 4 is 29.1 Å². The van der Waals surface area contributed by atoms with E-state index >= 15 is 0 Å². The Balaban J connectivity index is 1.76. The van der Waals surface area contributed by atoms with Crippen molar-refractivity contribution in [3.8, 4) is 11.5 Å². The minimum atomic E-state index is -0.524. The molecule has 0 spiro atoms. The first-order valence-corrected chi connectivity index (χ1v) is 9.69. The minimum Gasteiger partial charge on any atom is -0.493 e. The molecule has 0 heterocycles. The lowest BCUT2D eigenvalue weighted by molar-refractivity contribution is 0.0998. The molecule has 3 rings (SSSR count). The number of halogens is 1. The van der Waals surface area contributed by atoms with E-state index in [0.717, 1.165) is 5.56 Å². The number of carbonyl (C=O) groups excluding carboxylic acids is 2. The predicted molar refractivity (Wildman–Crippen MR) is 116 cm³/mol. The van der Waals surface area contributed by atoms with Crippen molar-refractivity contribution in [3.05, 3.63) is 88.4 Å². The van der Waals surface area contributed by atoms with Crippen LogP contribution in [-0.2, 0) is 6.61 Å². The molecule has 0 aliphatic heterocycles. The van der Waals surface area contributed by atoms with Gasteiger partial charge in [-0.05, 0) is 67.6 Å². The van der Waals surface area contributed by atoms with Gasteiger partial charge in [-0.2, -0.15) is 0 Å². The van der Waals surface area contributed by atoms with E-state index in [1.54, 1.807) is 66.7 Å². The van der Waals surface area contributed by atoms with Crippen LogP contribution in [0.3, 0.4) is 0 Å². The Morgan fingerprint density at radius 3 is 2.37 bits per heavy atom. The zero-order valence-corrected chi connectivity index (χ0v) is 17.1. The van der Waals surface area contributed by atoms with Gasteiger partial charge in [-0.3, -0.25) is 9.59 Å². The second-order valence-electron chi connectivity index (χ2n) is 6.40. The molecule has 3 aromatic carbocycles. The third-order valence-electron chi connectivity index (χ3n) is 4.24. The van der Waals surface area contributed by atoms with Gasteiger partial charge in [0.15, 0.2) is 0 Å². The maximum atomic E-state index is 12.7. The quantitative estimate of drug-likeness (QED) is 0.549. The van der Waals surface area contributed by atoms with Crippen LogP contribution in [0.15, 0.2) is 66.7 Å². The minimum absolute atomic E-state index is 0.212. The van der Waals surface area contributed by atoms with E-state index in [2.05, 4.69) is 5.32 Å². The molecule has 0 saturated heterocycles. The van der Waals surface area contributed by atoms with Gasteiger partial charge < -0.3 is 20.5 Å². The molecule has 154 valence electrons. The van der Waals surface area contributed by atoms with Crippen molar-refractivity contribution in [2.75, 3.05) is 11.9 Å². The molecular formula is C23H21ClN2O4. The number of benzene rings is 3. The van der Waals surface area contributed by atoms with Gasteiger partial charge in [-0.15, -0.1) is 0 Å². The number of anilines is 1. The molecular weight excluding hydrogens is 404 g/mol. The summed E-state index contributed by atoms with van der Waals surface area (Å²) in [4.78, 5) is 23.8. The Labute approximate surface area is 179 Å². The van der Waals surface area contributed by atoms with Crippen molar-refractivity contribution in [2.45, 2.75) is 13.5 Å². The highest BCUT2D eigenvalue weighted by atomic mass is 35.5. The first-order valence-electron chi connectivity index (χ1n) is 9.31. The van der Waals surface area contributed by atoms with Gasteiger partial charge in [0.1, 0.15) is 18.1 Å². The van der Waals surface area contributed by atoms with E-state index < -0.39 is 5.91 Å². The number of primary amides is 1. The first-order chi connectivity index (χ1) is 14.5. The van der Waals surface area contributed by atoms with Gasteiger partial charge in [-0.1, -0.05) is 17.7 Å². The molecule has 0 bridgehead atoms. The fraction of sp³-hybridized carbons (Fsp3) is 0.130. The van der Waals surface area contributed by atoms with Gasteiger partial charge in [0.2, 0.25) is 5.91 Å². The summed E-state index contributed by atoms with van der Waals surface area (Å²) in [5, 5.41) is 3.37. The molecule has 0 aliphatic carbocycles. The van der Waals surface area contributed by atoms with Crippen LogP contribution in [0.4, 0.5) is 5.69 Å². The Morgan fingerprint density at radius 1 is 0.967 bits per heavy atom. The van der Waals surface area contributed by atoms with Gasteiger partial charge in [0, 0.05) is 27.4 Å². The molecule has 0 atom stereocenters. The van der Waals surface area contributed by atoms with E-state index in [4.69, 9.17) is 26.8 Å². The van der Waals surface area contributed by atoms with E-state index in [1.807, 2.05) is 6.92 Å². The lowest BCUT2D eigenvalue weighted by Crippen LogP contribution is -2.14. The SMILES string of the molecule is CCOc1ccc(C(=O)Nc2ccc(C(N)=O)cc2)cc1COc1cccc(Cl)c1. The Morgan fingerprint density at radius 2 is 1.70 bits per heavy atom. The van der Waals surface area contributed by atoms with Crippen molar-refractivity contribution < 1.29 is 19.1 Å². The monoisotopic (exact) mass is 424 g/mol. The summed E-state index contributed by atoms with van der Waals surface area (Å²) < 4.78 is 11.5. The molecule has 7 heteroatoms. The number of ether oxygens (including phenoxy) is 2. The maximum absolute atomic E-state index is 12.7. The summed E-state index contributed by atoms with van der Waals surface area (Å²) in [5.41, 5.74) is 7.33. The molecule has 30 heavy (non-hydrogen) atoms. The number of rotatable bonds is 8. The van der Waals surface area contributed by atoms with Crippen LogP contribution in [0.1, 0.15) is 33.2 Å². The molecule has 0 unspecified atom stereocenters. The molecule has 0 saturated carbocycles. The van der Waals surface area contributed by atoms with Gasteiger partial charge in [0.05, 0.1) is 6.61 Å². The molecule has 3 aromatic rings. The lowest BCUT2D eigenvalue weighted by Gasteiger charge is -2.14. The first kappa shape index (κ1) is 21.2. The highest BCUT2D eigenvalue weighted by Gasteiger charge is 2.12. The summed E-state index contributed by atoms with van der Waals surface area (Å²) >= 11 is 6.00. The van der Waals surface area contributed by atoms with E-state index in [9.17, 15) is 9.59 Å². The maximum Gasteiger partial charge on any atom is 0.255 e. The summed E-state index contributed by atoms with van der Waals surface area (Å²) in [6.07, 6.45) is 0. The topological polar surface area (TPSA) is 90.6 Å². The molecule has 6 nitrogen and oxygen atoms in total. The highest BCUT2D eigenvalue weighted by molar-refractivity contribution is 6.30. The fourth-order valence-electron chi connectivity index (χ4n) is 2.77. The van der Waals surface area contributed by atoms with Crippen LogP contribution in [-0.4, -0.2) is 18.4 Å². The zero-order valence-electron chi connectivity index (χ0n) is 16.4. The summed E-state index contributed by atoms with van der Waals surface area (Å²) in [7, 11) is 0. The third-order valence-corrected chi connectivity index (χ3v) is 4.48. The van der Waals surface area contributed by atoms with Crippen LogP contribution in [0, 0.1) is 0 Å². The van der Waals surface area contributed by atoms with Crippen molar-refractivity contribution in [3.63, 3.8) is 0 Å². The standard InChI is InChI=1S/C23H21ClN2O4/c1-2-29-21-11-8-16(12-17(21)14-30-20-5-3-4-18(24)13-20)23(28)26-19-9-6-15(7-10-19)22(25)27/h3-13H,2,14H2,1H3,(H2,25,27)(H,26,28). The molecule has 3 N–H and O–H groups in total. The Hall–Kier alpha value is -3.51. The molecule has 0 aliphatic rings. The van der Waals surface area contributed by atoms with Crippen molar-refractivity contribution in [2.24, 2.45) is 5.73 Å². The van der Waals surface area contributed by atoms with Crippen LogP contribution < -0.4 is 20.5 Å². The van der Waals surface area contributed by atoms with Crippen LogP contribution >= 0.6 is 11.6 Å². The average Bonchev–Trinajstić information content (AvgIpc) is 2.73. The van der Waals surface area contributed by atoms with Gasteiger partial charge in [0.25, 0.3) is 5.91 Å². The third kappa shape index (κ3) is 5.52. The number of nitrogens with one attached hydrogen (secondary N) is 1. The zero-order chi connectivity index (χ0) is 21.5. The van der Waals surface area contributed by atoms with Gasteiger partial charge in [-0.25, -0.2) is 0 Å². The molecule has 0 aromatic heterocycles. The Bertz CT molecular complexity index is 1050. The van der Waals surface area contributed by atoms with Crippen LogP contribution in [0.25, 0.3) is 0 Å². The van der Waals surface area contributed by atoms with Crippen LogP contribution in [0.5, 0.6) is 11.5 Å². The number of hydrogen-bond donors (Lipinski definition) is 2. The summed E-state index contributed by atoms with van der Waals surface area (Å²) in [6, 6.07) is 18.6. The molecule has 0 fully saturated rings. The predicted octanol–water partition coefficient (Wildman–Crippen LogP) is 4.67. The van der Waals surface area contributed by atoms with Crippen LogP contribution in [0.2, 0.25) is 5.02 Å². The number of amides is 2. The number of nitrogens with two attached hydrogens (primary N) is 1. The second-order valence-corrected chi connectivity index (χ2v) is 6.83. The van der Waals surface area contributed by atoms with E-state index in [1.165, 1.54) is 0 Å². The summed E-state index contributed by atoms with van der Waals surface area (Å²) in [6.45, 7) is 2.59. The number of hydrogen-bond acceptors (Lipinski definition) is 4. The molecule has 0 radical (unpaired) electrons. The fourth-order valence-corrected chi connectivity index (χ4v) is 2.95. The number of carbonyl (C=O) groups is 2. The normalized spacial score (nSPS) is 10.3. The van der Waals surface area contributed by atoms with Crippen molar-refractivity contribution in [1.82, 2.24) is 0 Å². The summed E-state index contributed by atoms with van der Waals surface area (Å²) in [5.74, 6) is 0.439. The largest absolute Gasteiger partial charge is 0.493 e. The smallest absolute Gasteiger partial charge is 0.255 e. The van der Waals surface area contributed by atoms with Gasteiger partial charge >= 0.3 is 0 Å². The second kappa shape index (κ2) is 9.80. The van der Waals surface area contributed by atoms with E-state index in [-0.39, 0.29) is 12.5 Å².